The van der Waals surface area contributed by atoms with Gasteiger partial charge in [-0.3, -0.25) is 58.2 Å². The second-order valence-corrected chi connectivity index (χ2v) is 39.6. The number of nitrogen functional groups attached to an aromatic ring is 1. The molecule has 5 aromatic rings. The first kappa shape index (κ1) is 111. The topological polar surface area (TPSA) is 388 Å². The SMILES string of the molecule is C.C=C[C@@H]1C[C@]1(CC(=O)[C@@H]1CN(CNc2ccccc2)CN1C(=O)[C@@H](CC(=O)OC1CCCC1)C(C)(C)C)C(=O)NS(=O)(=O)C1CC1.COC(=O)[C@@H]1CN(CNc2ccccc2)CN1C(=O)[C@@H](CC(=O)OC1CCCC1)C(C)(C)C.COC(=O)[C@@H]1CNCN1C(=O)[C@@H](CC(=O)OC1CCCC1)C(C)(C)C.ClCNc1ccccc1.Nc1ccccc1.[Na+].[O-]CNc1ccccc1. The van der Waals surface area contributed by atoms with Crippen LogP contribution in [-0.4, -0.2) is 214 Å². The fourth-order valence-electron chi connectivity index (χ4n) is 16.5. The van der Waals surface area contributed by atoms with Crippen LogP contribution in [0.2, 0.25) is 0 Å². The maximum atomic E-state index is 14.3. The summed E-state index contributed by atoms with van der Waals surface area (Å²) in [7, 11) is -1.16. The predicted molar refractivity (Wildman–Crippen MR) is 503 cm³/mol. The van der Waals surface area contributed by atoms with Gasteiger partial charge in [-0.05, 0) is 179 Å². The number of para-hydroxylation sites is 5. The normalized spacial score (nSPS) is 20.3. The van der Waals surface area contributed by atoms with Gasteiger partial charge in [0, 0.05) is 54.5 Å². The van der Waals surface area contributed by atoms with E-state index in [0.29, 0.717) is 51.7 Å². The number of sulfonamides is 1. The number of nitrogens with one attached hydrogen (secondary N) is 6. The third-order valence-electron chi connectivity index (χ3n) is 24.4. The van der Waals surface area contributed by atoms with Gasteiger partial charge in [0.05, 0.1) is 101 Å². The monoisotopic (exact) mass is 1860 g/mol. The molecule has 3 heterocycles. The molecule has 8 N–H and O–H groups in total. The van der Waals surface area contributed by atoms with Crippen LogP contribution in [-0.2, 0) is 81.7 Å². The molecule has 8 fully saturated rings. The Kier molecular flexibility index (Phi) is 45.3. The van der Waals surface area contributed by atoms with Crippen molar-refractivity contribution in [2.75, 3.05) is 107 Å². The third kappa shape index (κ3) is 35.3. The summed E-state index contributed by atoms with van der Waals surface area (Å²) in [6.45, 7) is 23.4. The summed E-state index contributed by atoms with van der Waals surface area (Å²) in [6, 6.07) is 46.3. The molecule has 0 radical (unpaired) electrons. The molecular formula is C98H142ClN12NaO18S. The van der Waals surface area contributed by atoms with E-state index in [2.05, 4.69) is 37.9 Å². The van der Waals surface area contributed by atoms with E-state index >= 15 is 0 Å². The standard InChI is InChI=1S/C34H48N4O7S.C25H37N3O5.C18H30N2O5.C7H8ClN.C7H8NO.C6H7N.CH4.Na/c1-5-23-18-34(23,32(42)36-46(43,44)26-15-16-26)19-29(39)28-20-37(21-35-24-11-7-6-8-12-24)22-38(28)31(41)27(33(2,3)4)17-30(40)45-25-13-9-10-14-25;1-25(2,3)20(14-22(29)33-19-12-8-9-13-19)23(30)28-17-27(15-21(28)24(31)32-4)16-26-18-10-6-5-7-11-18;1-18(2,3)13(9-15(21)25-12-7-5-6-8-12)16(22)20-11-19-10-14(20)17(23)24-4;8-6-9-7-4-2-1-3-5-7;9-6-8-7-4-2-1-3-5-7;7-6-4-2-1-3-5-6;;/h5-8,11-12,23,25-28,35H,1,9-10,13-22H2,2-4H3,(H,36,42);5-7,10-11,19-21,26H,8-9,12-17H2,1-4H3;12-14,19H,5-11H2,1-4H3;1-5,9H,6H2;1-5,8H,6H2;1-5H,7H2;1H4;/q;;;;-1;;;+1/t23-,27-,28+,34-;20-,21+;13-,14+;;;;;/m111...../s1. The van der Waals surface area contributed by atoms with Gasteiger partial charge in [0.15, 0.2) is 5.78 Å². The van der Waals surface area contributed by atoms with Crippen molar-refractivity contribution in [2.24, 2.45) is 45.3 Å². The molecule has 0 aromatic heterocycles. The van der Waals surface area contributed by atoms with Crippen molar-refractivity contribution in [3.63, 3.8) is 0 Å². The Bertz CT molecular complexity index is 4480. The first-order valence-electron chi connectivity index (χ1n) is 45.0. The average molecular weight is 1870 g/mol. The number of ketones is 1. The van der Waals surface area contributed by atoms with Gasteiger partial charge in [-0.2, -0.15) is 0 Å². The van der Waals surface area contributed by atoms with E-state index in [9.17, 15) is 61.5 Å². The summed E-state index contributed by atoms with van der Waals surface area (Å²) in [5.74, 6) is -5.96. The van der Waals surface area contributed by atoms with E-state index in [1.165, 1.54) is 24.0 Å². The van der Waals surface area contributed by atoms with E-state index in [-0.39, 0.29) is 156 Å². The number of hydrogen-bond acceptors (Lipinski definition) is 26. The number of rotatable bonds is 31. The number of ether oxygens (including phenoxy) is 5. The van der Waals surface area contributed by atoms with Gasteiger partial charge in [-0.15, -0.1) is 18.2 Å². The fourth-order valence-corrected chi connectivity index (χ4v) is 18.0. The summed E-state index contributed by atoms with van der Waals surface area (Å²) in [5, 5.41) is 24.7. The van der Waals surface area contributed by atoms with Gasteiger partial charge in [0.2, 0.25) is 33.7 Å². The maximum Gasteiger partial charge on any atom is 1.00 e. The summed E-state index contributed by atoms with van der Waals surface area (Å²) >= 11 is 5.42. The maximum absolute atomic E-state index is 14.3. The smallest absolute Gasteiger partial charge is 0.839 e. The average Bonchev–Trinajstić information content (AvgIpc) is 1.57. The number of allylic oxidation sites excluding steroid dienone is 1. The van der Waals surface area contributed by atoms with Crippen LogP contribution in [0.1, 0.15) is 192 Å². The second-order valence-electron chi connectivity index (χ2n) is 37.4. The Balaban J connectivity index is 0.000000271. The Morgan fingerprint density at radius 1 is 0.519 bits per heavy atom. The number of carbonyl (C=O) groups excluding carboxylic acids is 10. The quantitative estimate of drug-likeness (QED) is 0.00317. The number of amides is 4. The van der Waals surface area contributed by atoms with Gasteiger partial charge < -0.3 is 70.5 Å². The summed E-state index contributed by atoms with van der Waals surface area (Å²) in [5.41, 5.74) is 7.25. The van der Waals surface area contributed by atoms with E-state index < -0.39 is 96.6 Å². The van der Waals surface area contributed by atoms with Crippen LogP contribution in [0.5, 0.6) is 0 Å². The molecule has 5 aliphatic carbocycles. The van der Waals surface area contributed by atoms with Crippen molar-refractivity contribution in [1.82, 2.24) is 34.5 Å². The molecule has 0 unspecified atom stereocenters. The van der Waals surface area contributed by atoms with Crippen LogP contribution < -0.4 is 71.7 Å². The van der Waals surface area contributed by atoms with Crippen molar-refractivity contribution in [3.8, 4) is 0 Å². The molecule has 4 amide bonds. The van der Waals surface area contributed by atoms with Crippen LogP contribution in [0.4, 0.5) is 28.4 Å². The molecule has 13 rings (SSSR count). The number of halogens is 1. The molecule has 3 aliphatic heterocycles. The van der Waals surface area contributed by atoms with Crippen LogP contribution in [0.15, 0.2) is 164 Å². The van der Waals surface area contributed by atoms with E-state index in [0.717, 1.165) is 105 Å². The summed E-state index contributed by atoms with van der Waals surface area (Å²) < 4.78 is 54.1. The summed E-state index contributed by atoms with van der Waals surface area (Å²) in [4.78, 5) is 140. The van der Waals surface area contributed by atoms with E-state index in [1.54, 1.807) is 11.0 Å². The zero-order valence-electron chi connectivity index (χ0n) is 78.0. The number of alkyl halides is 1. The van der Waals surface area contributed by atoms with Gasteiger partial charge >= 0.3 is 59.4 Å². The van der Waals surface area contributed by atoms with Crippen molar-refractivity contribution in [1.29, 1.82) is 0 Å². The fraction of sp³-hybridized carbons (Fsp3) is 0.571. The minimum Gasteiger partial charge on any atom is -0.839 e. The Hall–Kier alpha value is -9.18. The van der Waals surface area contributed by atoms with Crippen molar-refractivity contribution in [2.45, 2.75) is 233 Å². The molecule has 0 bridgehead atoms. The van der Waals surface area contributed by atoms with Crippen LogP contribution in [0.3, 0.4) is 0 Å². The number of esters is 5. The third-order valence-corrected chi connectivity index (χ3v) is 26.4. The van der Waals surface area contributed by atoms with E-state index in [1.807, 2.05) is 224 Å². The Labute approximate surface area is 803 Å². The number of carbonyl (C=O) groups is 10. The predicted octanol–water partition coefficient (Wildman–Crippen LogP) is 10.1. The minimum atomic E-state index is -3.80. The molecule has 5 saturated carbocycles. The molecule has 30 nitrogen and oxygen atoms in total. The first-order valence-corrected chi connectivity index (χ1v) is 47.1. The van der Waals surface area contributed by atoms with E-state index in [4.69, 9.17) is 41.0 Å². The molecule has 33 heteroatoms. The number of hydrogen-bond donors (Lipinski definition) is 7. The Morgan fingerprint density at radius 2 is 0.863 bits per heavy atom. The van der Waals surface area contributed by atoms with Crippen LogP contribution in [0, 0.1) is 45.3 Å². The number of methoxy groups -OCH3 is 2. The zero-order valence-corrected chi connectivity index (χ0v) is 81.6. The van der Waals surface area contributed by atoms with Gasteiger partial charge in [0.25, 0.3) is 0 Å². The second kappa shape index (κ2) is 53.6. The number of nitrogens with two attached hydrogens (primary N) is 1. The molecule has 716 valence electrons. The van der Waals surface area contributed by atoms with Gasteiger partial charge in [-0.25, -0.2) is 18.0 Å². The molecule has 5 aromatic carbocycles. The number of benzene rings is 5. The molecular weight excluding hydrogens is 1720 g/mol. The first-order chi connectivity index (χ1) is 61.4. The van der Waals surface area contributed by atoms with Gasteiger partial charge in [0.1, 0.15) is 36.4 Å². The zero-order chi connectivity index (χ0) is 94.1. The van der Waals surface area contributed by atoms with Crippen molar-refractivity contribution in [3.05, 3.63) is 164 Å². The van der Waals surface area contributed by atoms with Crippen LogP contribution >= 0.6 is 11.6 Å². The molecule has 0 spiro atoms. The van der Waals surface area contributed by atoms with Crippen LogP contribution in [0.25, 0.3) is 0 Å². The van der Waals surface area contributed by atoms with Gasteiger partial charge in [-0.1, -0.05) is 174 Å². The molecule has 8 atom stereocenters. The number of nitrogens with zero attached hydrogens (tertiary/aromatic N) is 5. The Morgan fingerprint density at radius 3 is 1.19 bits per heavy atom. The van der Waals surface area contributed by atoms with Crippen molar-refractivity contribution >= 4 is 109 Å². The molecule has 131 heavy (non-hydrogen) atoms. The largest absolute Gasteiger partial charge is 1.00 e. The number of anilines is 5. The molecule has 8 aliphatic rings. The summed E-state index contributed by atoms with van der Waals surface area (Å²) in [6.07, 6.45) is 14.1. The molecule has 3 saturated heterocycles. The number of Topliss-reactive ketones (excluding diaryl/α,β-unsaturated/α-hetero) is 1. The van der Waals surface area contributed by atoms with Crippen molar-refractivity contribution < 1.29 is 115 Å². The minimum absolute atomic E-state index is 0.